The molecule has 3 aliphatic rings. The van der Waals surface area contributed by atoms with Crippen molar-refractivity contribution in [2.24, 2.45) is 11.8 Å². The van der Waals surface area contributed by atoms with Gasteiger partial charge in [-0.05, 0) is 61.8 Å². The summed E-state index contributed by atoms with van der Waals surface area (Å²) < 4.78 is 9.55. The molecule has 4 unspecified atom stereocenters. The third kappa shape index (κ3) is 7.99. The molecule has 2 fully saturated rings. The molecule has 0 bridgehead atoms. The van der Waals surface area contributed by atoms with Crippen molar-refractivity contribution in [3.05, 3.63) is 60.4 Å². The summed E-state index contributed by atoms with van der Waals surface area (Å²) in [6, 6.07) is 11.0. The lowest BCUT2D eigenvalue weighted by Gasteiger charge is -2.30. The van der Waals surface area contributed by atoms with Gasteiger partial charge in [-0.2, -0.15) is 0 Å². The zero-order valence-corrected chi connectivity index (χ0v) is 34.0. The lowest BCUT2D eigenvalue weighted by atomic mass is 10.0. The maximum absolute atomic E-state index is 13.6. The number of imidazole rings is 2. The van der Waals surface area contributed by atoms with Crippen LogP contribution in [0.4, 0.5) is 9.59 Å². The maximum atomic E-state index is 13.6. The van der Waals surface area contributed by atoms with Gasteiger partial charge in [0.25, 0.3) is 0 Å². The van der Waals surface area contributed by atoms with Gasteiger partial charge in [-0.1, -0.05) is 63.4 Å². The highest BCUT2D eigenvalue weighted by Gasteiger charge is 2.39. The van der Waals surface area contributed by atoms with Crippen LogP contribution in [0.1, 0.15) is 77.1 Å². The van der Waals surface area contributed by atoms with E-state index in [1.807, 2.05) is 49.9 Å². The number of rotatable bonds is 10. The Morgan fingerprint density at radius 1 is 0.679 bits per heavy atom. The minimum atomic E-state index is -0.694. The molecule has 296 valence electrons. The Morgan fingerprint density at radius 2 is 1.09 bits per heavy atom. The fourth-order valence-corrected chi connectivity index (χ4v) is 9.88. The molecule has 0 aliphatic carbocycles. The van der Waals surface area contributed by atoms with Gasteiger partial charge in [0.05, 0.1) is 50.1 Å². The van der Waals surface area contributed by atoms with Crippen LogP contribution in [0, 0.1) is 11.8 Å². The van der Waals surface area contributed by atoms with E-state index in [1.165, 1.54) is 24.0 Å². The molecule has 0 spiro atoms. The molecule has 2 saturated heterocycles. The van der Waals surface area contributed by atoms with Crippen LogP contribution in [0.3, 0.4) is 0 Å². The highest BCUT2D eigenvalue weighted by molar-refractivity contribution is 8.05. The van der Waals surface area contributed by atoms with E-state index in [2.05, 4.69) is 57.0 Å². The largest absolute Gasteiger partial charge is 0.453 e. The molecule has 2 aromatic heterocycles. The number of nitrogens with one attached hydrogen (secondary N) is 4. The summed E-state index contributed by atoms with van der Waals surface area (Å²) >= 11 is 3.44. The van der Waals surface area contributed by atoms with E-state index in [9.17, 15) is 19.2 Å². The molecule has 4 aromatic rings. The molecule has 56 heavy (non-hydrogen) atoms. The molecular formula is C40H48N8O6S2. The number of hydrogen-bond acceptors (Lipinski definition) is 10. The van der Waals surface area contributed by atoms with Crippen LogP contribution in [0.15, 0.2) is 68.4 Å². The number of methoxy groups -OCH3 is 2. The van der Waals surface area contributed by atoms with Gasteiger partial charge in [-0.3, -0.25) is 9.59 Å². The Kier molecular flexibility index (Phi) is 11.7. The number of ether oxygens (including phenoxy) is 2. The van der Waals surface area contributed by atoms with Gasteiger partial charge in [-0.25, -0.2) is 19.6 Å². The highest BCUT2D eigenvalue weighted by atomic mass is 32.2. The van der Waals surface area contributed by atoms with Crippen LogP contribution >= 0.6 is 23.5 Å². The zero-order chi connectivity index (χ0) is 39.7. The minimum absolute atomic E-state index is 0.110. The molecule has 4 N–H and O–H groups in total. The predicted octanol–water partition coefficient (Wildman–Crippen LogP) is 7.17. The van der Waals surface area contributed by atoms with E-state index >= 15 is 0 Å². The fourth-order valence-electron chi connectivity index (χ4n) is 7.61. The molecule has 4 amide bonds. The number of benzene rings is 2. The smallest absolute Gasteiger partial charge is 0.407 e. The average molecular weight is 801 g/mol. The monoisotopic (exact) mass is 800 g/mol. The second-order valence-corrected chi connectivity index (χ2v) is 17.2. The van der Waals surface area contributed by atoms with Crippen molar-refractivity contribution in [2.45, 2.75) is 97.1 Å². The third-order valence-electron chi connectivity index (χ3n) is 10.6. The van der Waals surface area contributed by atoms with Crippen LogP contribution in [0.5, 0.6) is 0 Å². The molecule has 14 nitrogen and oxygen atoms in total. The second kappa shape index (κ2) is 16.6. The molecule has 0 saturated carbocycles. The van der Waals surface area contributed by atoms with Crippen LogP contribution in [0.25, 0.3) is 22.5 Å². The van der Waals surface area contributed by atoms with E-state index < -0.39 is 24.3 Å². The number of H-pyrrole nitrogens is 2. The van der Waals surface area contributed by atoms with E-state index in [4.69, 9.17) is 19.4 Å². The lowest BCUT2D eigenvalue weighted by molar-refractivity contribution is -0.136. The fraction of sp³-hybridized carbons (Fsp3) is 0.450. The van der Waals surface area contributed by atoms with Crippen molar-refractivity contribution >= 4 is 47.5 Å². The van der Waals surface area contributed by atoms with Crippen molar-refractivity contribution in [1.29, 1.82) is 0 Å². The van der Waals surface area contributed by atoms with Crippen LogP contribution in [0.2, 0.25) is 0 Å². The summed E-state index contributed by atoms with van der Waals surface area (Å²) in [6.07, 6.45) is 5.64. The number of hydrogen-bond donors (Lipinski definition) is 4. The van der Waals surface area contributed by atoms with Crippen molar-refractivity contribution in [3.8, 4) is 22.5 Å². The SMILES string of the molecule is COC(=O)NC(C(=O)N1CCCC1c1ncc(-c2ccc3c(c2)Sc2cc(-c4cnc(C5CCCN5C(=O)C(NC(=O)OC)C(C)C)[nH]4)ccc2S3)[nH]1)C(C)C. The molecule has 4 atom stereocenters. The number of alkyl carbamates (subject to hydrolysis) is 2. The molecule has 7 rings (SSSR count). The van der Waals surface area contributed by atoms with Crippen LogP contribution in [-0.2, 0) is 19.1 Å². The van der Waals surface area contributed by atoms with Crippen LogP contribution < -0.4 is 10.6 Å². The Labute approximate surface area is 334 Å². The second-order valence-electron chi connectivity index (χ2n) is 15.0. The van der Waals surface area contributed by atoms with Gasteiger partial charge in [-0.15, -0.1) is 0 Å². The average Bonchev–Trinajstić information content (AvgIpc) is 4.03. The highest BCUT2D eigenvalue weighted by Crippen LogP contribution is 2.50. The van der Waals surface area contributed by atoms with Crippen molar-refractivity contribution in [2.75, 3.05) is 27.3 Å². The first-order valence-electron chi connectivity index (χ1n) is 19.0. The van der Waals surface area contributed by atoms with Crippen molar-refractivity contribution in [1.82, 2.24) is 40.4 Å². The molecule has 16 heteroatoms. The Balaban J connectivity index is 1.05. The molecule has 5 heterocycles. The van der Waals surface area contributed by atoms with E-state index in [0.717, 1.165) is 69.6 Å². The van der Waals surface area contributed by atoms with Crippen LogP contribution in [-0.4, -0.2) is 93.1 Å². The van der Waals surface area contributed by atoms with Gasteiger partial charge in [0.15, 0.2) is 0 Å². The molecule has 2 aromatic carbocycles. The molecular weight excluding hydrogens is 753 g/mol. The summed E-state index contributed by atoms with van der Waals surface area (Å²) in [6.45, 7) is 8.80. The predicted molar refractivity (Wildman–Crippen MR) is 212 cm³/mol. The van der Waals surface area contributed by atoms with Gasteiger partial charge < -0.3 is 39.9 Å². The van der Waals surface area contributed by atoms with Gasteiger partial charge in [0.2, 0.25) is 11.8 Å². The normalized spacial score (nSPS) is 18.7. The quantitative estimate of drug-likeness (QED) is 0.113. The number of amides is 4. The number of carbonyl (C=O) groups is 4. The topological polar surface area (TPSA) is 175 Å². The number of aromatic amines is 2. The van der Waals surface area contributed by atoms with E-state index in [0.29, 0.717) is 13.1 Å². The Hall–Kier alpha value is -4.96. The summed E-state index contributed by atoms with van der Waals surface area (Å²) in [5.41, 5.74) is 3.72. The first-order valence-corrected chi connectivity index (χ1v) is 20.6. The lowest BCUT2D eigenvalue weighted by Crippen LogP contribution is -2.51. The first-order chi connectivity index (χ1) is 26.9. The van der Waals surface area contributed by atoms with E-state index in [1.54, 1.807) is 23.5 Å². The number of aromatic nitrogens is 4. The van der Waals surface area contributed by atoms with Gasteiger partial charge >= 0.3 is 12.2 Å². The summed E-state index contributed by atoms with van der Waals surface area (Å²) in [5.74, 6) is 0.948. The minimum Gasteiger partial charge on any atom is -0.453 e. The number of fused-ring (bicyclic) bond motifs is 2. The number of nitrogens with zero attached hydrogens (tertiary/aromatic N) is 4. The third-order valence-corrected chi connectivity index (χ3v) is 13.2. The van der Waals surface area contributed by atoms with Crippen molar-refractivity contribution < 1.29 is 28.7 Å². The summed E-state index contributed by atoms with van der Waals surface area (Å²) in [5, 5.41) is 5.41. The number of carbonyl (C=O) groups excluding carboxylic acids is 4. The Morgan fingerprint density at radius 3 is 1.48 bits per heavy atom. The number of likely N-dealkylation sites (tertiary alicyclic amines) is 2. The maximum Gasteiger partial charge on any atom is 0.407 e. The molecule has 3 aliphatic heterocycles. The summed E-state index contributed by atoms with van der Waals surface area (Å²) in [7, 11) is 2.58. The first kappa shape index (κ1) is 39.3. The van der Waals surface area contributed by atoms with E-state index in [-0.39, 0.29) is 35.7 Å². The standard InChI is InChI=1S/C40H48N8O6S2/c1-21(2)33(45-39(51)53-5)37(49)47-15-7-9-27(47)35-41-19-25(43-35)23-11-13-29-31(17-23)56-32-18-24(12-14-30(32)55-29)26-20-42-36(44-26)28-10-8-16-48(28)38(50)34(22(3)4)46-40(52)54-6/h11-14,17-22,27-28,33-34H,7-10,15-16H2,1-6H3,(H,41,43)(H,42,44)(H,45,51)(H,46,52). The van der Waals surface area contributed by atoms with Crippen molar-refractivity contribution in [3.63, 3.8) is 0 Å². The van der Waals surface area contributed by atoms with Gasteiger partial charge in [0.1, 0.15) is 23.7 Å². The zero-order valence-electron chi connectivity index (χ0n) is 32.4. The molecule has 0 radical (unpaired) electrons. The van der Waals surface area contributed by atoms with Gasteiger partial charge in [0, 0.05) is 43.8 Å². The Bertz CT molecular complexity index is 1970. The summed E-state index contributed by atoms with van der Waals surface area (Å²) in [4.78, 5) is 75.9.